The Morgan fingerprint density at radius 3 is 2.40 bits per heavy atom. The zero-order chi connectivity index (χ0) is 14.1. The normalized spacial score (nSPS) is 10.6. The SMILES string of the molecule is O=c1cc(-c2ccc([N+](=O)[O-])cc2)[nH]c2ccccc12. The van der Waals surface area contributed by atoms with Gasteiger partial charge in [-0.1, -0.05) is 12.1 Å². The third-order valence-electron chi connectivity index (χ3n) is 3.13. The van der Waals surface area contributed by atoms with E-state index in [0.717, 1.165) is 11.1 Å². The van der Waals surface area contributed by atoms with Gasteiger partial charge in [0.2, 0.25) is 0 Å². The minimum Gasteiger partial charge on any atom is -0.354 e. The number of nitro benzene ring substituents is 1. The molecule has 98 valence electrons. The van der Waals surface area contributed by atoms with Gasteiger partial charge in [0.25, 0.3) is 5.69 Å². The van der Waals surface area contributed by atoms with Crippen LogP contribution in [-0.2, 0) is 0 Å². The predicted molar refractivity (Wildman–Crippen MR) is 76.7 cm³/mol. The lowest BCUT2D eigenvalue weighted by Gasteiger charge is -2.04. The molecule has 0 aliphatic carbocycles. The van der Waals surface area contributed by atoms with Crippen LogP contribution in [0.25, 0.3) is 22.2 Å². The second kappa shape index (κ2) is 4.62. The van der Waals surface area contributed by atoms with Crippen LogP contribution in [0.3, 0.4) is 0 Å². The lowest BCUT2D eigenvalue weighted by Crippen LogP contribution is -2.02. The molecule has 0 saturated heterocycles. The van der Waals surface area contributed by atoms with Crippen molar-refractivity contribution in [1.29, 1.82) is 0 Å². The summed E-state index contributed by atoms with van der Waals surface area (Å²) in [5, 5.41) is 11.2. The molecule has 0 unspecified atom stereocenters. The molecule has 3 rings (SSSR count). The van der Waals surface area contributed by atoms with Gasteiger partial charge in [0.15, 0.2) is 5.43 Å². The summed E-state index contributed by atoms with van der Waals surface area (Å²) in [6.45, 7) is 0. The van der Waals surface area contributed by atoms with Gasteiger partial charge in [0.05, 0.1) is 4.92 Å². The Labute approximate surface area is 113 Å². The van der Waals surface area contributed by atoms with Crippen molar-refractivity contribution in [2.24, 2.45) is 0 Å². The first-order valence-electron chi connectivity index (χ1n) is 6.02. The summed E-state index contributed by atoms with van der Waals surface area (Å²) in [5.41, 5.74) is 2.07. The van der Waals surface area contributed by atoms with Gasteiger partial charge in [0.1, 0.15) is 0 Å². The number of hydrogen-bond acceptors (Lipinski definition) is 3. The molecule has 3 aromatic rings. The second-order valence-corrected chi connectivity index (χ2v) is 4.40. The van der Waals surface area contributed by atoms with Crippen LogP contribution >= 0.6 is 0 Å². The first-order chi connectivity index (χ1) is 9.65. The Hall–Kier alpha value is -2.95. The molecule has 5 heteroatoms. The number of non-ortho nitro benzene ring substituents is 1. The number of benzene rings is 2. The van der Waals surface area contributed by atoms with Gasteiger partial charge in [-0.05, 0) is 29.8 Å². The van der Waals surface area contributed by atoms with Gasteiger partial charge in [-0.25, -0.2) is 0 Å². The fourth-order valence-electron chi connectivity index (χ4n) is 2.12. The molecule has 0 bridgehead atoms. The van der Waals surface area contributed by atoms with E-state index < -0.39 is 4.92 Å². The number of pyridine rings is 1. The molecule has 0 radical (unpaired) electrons. The van der Waals surface area contributed by atoms with Crippen LogP contribution in [0, 0.1) is 10.1 Å². The average molecular weight is 266 g/mol. The summed E-state index contributed by atoms with van der Waals surface area (Å²) in [6, 6.07) is 14.8. The number of aromatic amines is 1. The highest BCUT2D eigenvalue weighted by molar-refractivity contribution is 5.81. The van der Waals surface area contributed by atoms with Crippen LogP contribution in [0.15, 0.2) is 59.4 Å². The number of nitrogens with zero attached hydrogens (tertiary/aromatic N) is 1. The van der Waals surface area contributed by atoms with E-state index in [9.17, 15) is 14.9 Å². The highest BCUT2D eigenvalue weighted by atomic mass is 16.6. The van der Waals surface area contributed by atoms with E-state index in [1.54, 1.807) is 18.2 Å². The zero-order valence-electron chi connectivity index (χ0n) is 10.4. The first-order valence-corrected chi connectivity index (χ1v) is 6.02. The number of rotatable bonds is 2. The maximum atomic E-state index is 12.0. The topological polar surface area (TPSA) is 76.0 Å². The monoisotopic (exact) mass is 266 g/mol. The van der Waals surface area contributed by atoms with Crippen molar-refractivity contribution < 1.29 is 4.92 Å². The van der Waals surface area contributed by atoms with Crippen molar-refractivity contribution in [3.8, 4) is 11.3 Å². The van der Waals surface area contributed by atoms with Gasteiger partial charge in [-0.3, -0.25) is 14.9 Å². The van der Waals surface area contributed by atoms with Crippen molar-refractivity contribution in [2.75, 3.05) is 0 Å². The fraction of sp³-hybridized carbons (Fsp3) is 0. The molecule has 0 amide bonds. The quantitative estimate of drug-likeness (QED) is 0.572. The lowest BCUT2D eigenvalue weighted by molar-refractivity contribution is -0.384. The number of fused-ring (bicyclic) bond motifs is 1. The highest BCUT2D eigenvalue weighted by Crippen LogP contribution is 2.21. The van der Waals surface area contributed by atoms with E-state index in [4.69, 9.17) is 0 Å². The number of nitrogens with one attached hydrogen (secondary N) is 1. The minimum atomic E-state index is -0.451. The lowest BCUT2D eigenvalue weighted by atomic mass is 10.1. The number of para-hydroxylation sites is 1. The third-order valence-corrected chi connectivity index (χ3v) is 3.13. The van der Waals surface area contributed by atoms with Crippen molar-refractivity contribution in [3.63, 3.8) is 0 Å². The first kappa shape index (κ1) is 12.1. The van der Waals surface area contributed by atoms with Crippen molar-refractivity contribution in [3.05, 3.63) is 74.9 Å². The average Bonchev–Trinajstić information content (AvgIpc) is 2.47. The third kappa shape index (κ3) is 2.05. The summed E-state index contributed by atoms with van der Waals surface area (Å²) < 4.78 is 0. The summed E-state index contributed by atoms with van der Waals surface area (Å²) in [4.78, 5) is 25.4. The van der Waals surface area contributed by atoms with Gasteiger partial charge in [-0.2, -0.15) is 0 Å². The smallest absolute Gasteiger partial charge is 0.269 e. The summed E-state index contributed by atoms with van der Waals surface area (Å²) in [5.74, 6) is 0. The zero-order valence-corrected chi connectivity index (χ0v) is 10.4. The number of aromatic nitrogens is 1. The van der Waals surface area contributed by atoms with Crippen molar-refractivity contribution in [1.82, 2.24) is 4.98 Å². The largest absolute Gasteiger partial charge is 0.354 e. The standard InChI is InChI=1S/C15H10N2O3/c18-15-9-14(16-13-4-2-1-3-12(13)15)10-5-7-11(8-6-10)17(19)20/h1-9H,(H,16,18). The maximum Gasteiger partial charge on any atom is 0.269 e. The molecule has 0 atom stereocenters. The van der Waals surface area contributed by atoms with E-state index in [1.807, 2.05) is 18.2 Å². The molecule has 2 aromatic carbocycles. The maximum absolute atomic E-state index is 12.0. The van der Waals surface area contributed by atoms with Crippen LogP contribution < -0.4 is 5.43 Å². The molecule has 20 heavy (non-hydrogen) atoms. The fourth-order valence-corrected chi connectivity index (χ4v) is 2.12. The molecular formula is C15H10N2O3. The Morgan fingerprint density at radius 2 is 1.70 bits per heavy atom. The Kier molecular flexibility index (Phi) is 2.80. The Morgan fingerprint density at radius 1 is 1.00 bits per heavy atom. The van der Waals surface area contributed by atoms with Crippen LogP contribution in [0.1, 0.15) is 0 Å². The second-order valence-electron chi connectivity index (χ2n) is 4.40. The van der Waals surface area contributed by atoms with E-state index in [0.29, 0.717) is 11.1 Å². The Bertz CT molecular complexity index is 851. The molecular weight excluding hydrogens is 256 g/mol. The minimum absolute atomic E-state index is 0.0249. The van der Waals surface area contributed by atoms with E-state index in [1.165, 1.54) is 18.2 Å². The number of nitro groups is 1. The van der Waals surface area contributed by atoms with Crippen molar-refractivity contribution >= 4 is 16.6 Å². The van der Waals surface area contributed by atoms with E-state index in [-0.39, 0.29) is 11.1 Å². The molecule has 0 spiro atoms. The summed E-state index contributed by atoms with van der Waals surface area (Å²) in [7, 11) is 0. The van der Waals surface area contributed by atoms with Crippen LogP contribution in [0.5, 0.6) is 0 Å². The van der Waals surface area contributed by atoms with E-state index >= 15 is 0 Å². The molecule has 1 aromatic heterocycles. The van der Waals surface area contributed by atoms with Gasteiger partial charge < -0.3 is 4.98 Å². The molecule has 1 N–H and O–H groups in total. The predicted octanol–water partition coefficient (Wildman–Crippen LogP) is 3.10. The molecule has 0 aliphatic rings. The molecule has 1 heterocycles. The van der Waals surface area contributed by atoms with Crippen LogP contribution in [0.4, 0.5) is 5.69 Å². The molecule has 5 nitrogen and oxygen atoms in total. The molecule has 0 fully saturated rings. The van der Waals surface area contributed by atoms with Crippen LogP contribution in [0.2, 0.25) is 0 Å². The van der Waals surface area contributed by atoms with Gasteiger partial charge in [-0.15, -0.1) is 0 Å². The van der Waals surface area contributed by atoms with Gasteiger partial charge in [0, 0.05) is 34.8 Å². The van der Waals surface area contributed by atoms with Crippen LogP contribution in [-0.4, -0.2) is 9.91 Å². The van der Waals surface area contributed by atoms with E-state index in [2.05, 4.69) is 4.98 Å². The number of H-pyrrole nitrogens is 1. The molecule has 0 aliphatic heterocycles. The molecule has 0 saturated carbocycles. The summed E-state index contributed by atoms with van der Waals surface area (Å²) in [6.07, 6.45) is 0. The highest BCUT2D eigenvalue weighted by Gasteiger charge is 2.07. The summed E-state index contributed by atoms with van der Waals surface area (Å²) >= 11 is 0. The van der Waals surface area contributed by atoms with Gasteiger partial charge >= 0.3 is 0 Å². The number of hydrogen-bond donors (Lipinski definition) is 1. The van der Waals surface area contributed by atoms with Crippen molar-refractivity contribution in [2.45, 2.75) is 0 Å². The Balaban J connectivity index is 2.14.